The largest absolute Gasteiger partial charge is 0.455 e. The van der Waals surface area contributed by atoms with Crippen LogP contribution in [0.3, 0.4) is 0 Å². The smallest absolute Gasteiger partial charge is 0.240 e. The van der Waals surface area contributed by atoms with Crippen molar-refractivity contribution >= 4 is 65.6 Å². The number of nitrogens with zero attached hydrogens (tertiary/aromatic N) is 5. The monoisotopic (exact) mass is 593 g/mol. The lowest BCUT2D eigenvalue weighted by atomic mass is 10.1. The fourth-order valence-corrected chi connectivity index (χ4v) is 5.84. The minimum atomic E-state index is -0.701. The third-order valence-electron chi connectivity index (χ3n) is 7.72. The third-order valence-corrected chi connectivity index (χ3v) is 7.72. The number of rotatable bonds is 3. The minimum Gasteiger partial charge on any atom is -0.455 e. The molecule has 6 aromatic carbocycles. The number of benzene rings is 6. The molecule has 0 bridgehead atoms. The molecule has 210 valence electrons. The molecule has 0 saturated carbocycles. The van der Waals surface area contributed by atoms with Gasteiger partial charge in [-0.3, -0.25) is 9.13 Å². The van der Waals surface area contributed by atoms with E-state index < -0.39 is 109 Å². The van der Waals surface area contributed by atoms with Crippen molar-refractivity contribution in [3.63, 3.8) is 0 Å². The second kappa shape index (κ2) is 9.11. The summed E-state index contributed by atoms with van der Waals surface area (Å²) < 4.78 is 149. The highest BCUT2D eigenvalue weighted by Crippen LogP contribution is 2.37. The quantitative estimate of drug-likeness (QED) is 0.205. The molecule has 0 N–H and O–H groups in total. The Morgan fingerprint density at radius 2 is 0.933 bits per heavy atom. The van der Waals surface area contributed by atoms with E-state index in [-0.39, 0.29) is 60.6 Å². The normalized spacial score (nSPS) is 17.0. The van der Waals surface area contributed by atoms with E-state index in [2.05, 4.69) is 0 Å². The number of aromatic nitrogens is 5. The predicted molar refractivity (Wildman–Crippen MR) is 181 cm³/mol. The molecular weight excluding hydrogens is 554 g/mol. The van der Waals surface area contributed by atoms with Crippen LogP contribution < -0.4 is 0 Å². The summed E-state index contributed by atoms with van der Waals surface area (Å²) in [5, 5.41) is 0.299. The average molecular weight is 594 g/mol. The van der Waals surface area contributed by atoms with E-state index in [4.69, 9.17) is 41.3 Å². The van der Waals surface area contributed by atoms with E-state index in [0.29, 0.717) is 11.0 Å². The second-order valence-electron chi connectivity index (χ2n) is 10.1. The van der Waals surface area contributed by atoms with Crippen molar-refractivity contribution in [2.75, 3.05) is 0 Å². The van der Waals surface area contributed by atoms with Crippen molar-refractivity contribution in [3.05, 3.63) is 139 Å². The van der Waals surface area contributed by atoms with Crippen LogP contribution in [0.1, 0.15) is 21.9 Å². The summed E-state index contributed by atoms with van der Waals surface area (Å²) in [5.74, 6) is -1.17. The van der Waals surface area contributed by atoms with E-state index in [1.807, 2.05) is 12.1 Å². The molecule has 0 spiro atoms. The van der Waals surface area contributed by atoms with Gasteiger partial charge in [0.15, 0.2) is 5.82 Å². The van der Waals surface area contributed by atoms with Gasteiger partial charge in [0.1, 0.15) is 11.2 Å². The van der Waals surface area contributed by atoms with Crippen molar-refractivity contribution in [3.8, 4) is 23.3 Å². The Bertz CT molecular complexity index is 3350. The summed E-state index contributed by atoms with van der Waals surface area (Å²) in [7, 11) is 0. The van der Waals surface area contributed by atoms with Crippen LogP contribution in [0.25, 0.3) is 88.8 Å². The standard InChI is InChI=1S/C39H23N5O/c1-6-19-31-24(12-1)25-13-2-7-20-32(25)43(31)38-40-37(30-18-11-17-29-28-16-5-10-23-35(28)45-36(29)30)41-39(42-38)44-33-21-8-3-14-26(33)27-15-4-9-22-34(27)44/h1-23H/i1D,2D,3D,4D,6D,7D,8D,9D,12D,13D,14D,15D,19D,20D,21D,22D. The second-order valence-corrected chi connectivity index (χ2v) is 10.1. The summed E-state index contributed by atoms with van der Waals surface area (Å²) in [6, 6.07) is 1.77. The van der Waals surface area contributed by atoms with Gasteiger partial charge in [-0.15, -0.1) is 0 Å². The maximum Gasteiger partial charge on any atom is 0.240 e. The molecule has 0 radical (unpaired) electrons. The fourth-order valence-electron chi connectivity index (χ4n) is 5.84. The number of furan rings is 1. The molecule has 0 saturated heterocycles. The van der Waals surface area contributed by atoms with Crippen LogP contribution in [0.4, 0.5) is 0 Å². The third kappa shape index (κ3) is 3.42. The lowest BCUT2D eigenvalue weighted by molar-refractivity contribution is 0.669. The molecule has 0 amide bonds. The van der Waals surface area contributed by atoms with Gasteiger partial charge in [-0.05, 0) is 36.3 Å². The van der Waals surface area contributed by atoms with Crippen LogP contribution in [0.15, 0.2) is 144 Å². The summed E-state index contributed by atoms with van der Waals surface area (Å²) in [5.41, 5.74) is -0.304. The predicted octanol–water partition coefficient (Wildman–Crippen LogP) is 9.63. The van der Waals surface area contributed by atoms with Gasteiger partial charge in [0, 0.05) is 32.3 Å². The van der Waals surface area contributed by atoms with Crippen LogP contribution in [0.2, 0.25) is 0 Å². The van der Waals surface area contributed by atoms with Crippen molar-refractivity contribution < 1.29 is 26.3 Å². The number of hydrogen-bond acceptors (Lipinski definition) is 4. The van der Waals surface area contributed by atoms with E-state index in [1.54, 1.807) is 30.3 Å². The molecule has 0 atom stereocenters. The molecule has 10 rings (SSSR count). The first-order chi connectivity index (χ1) is 29.0. The molecule has 45 heavy (non-hydrogen) atoms. The lowest BCUT2D eigenvalue weighted by Gasteiger charge is -2.12. The summed E-state index contributed by atoms with van der Waals surface area (Å²) in [6.07, 6.45) is 0. The van der Waals surface area contributed by atoms with Gasteiger partial charge in [0.2, 0.25) is 11.9 Å². The Morgan fingerprint density at radius 3 is 1.47 bits per heavy atom. The number of para-hydroxylation sites is 6. The van der Waals surface area contributed by atoms with E-state index in [9.17, 15) is 0 Å². The maximum absolute atomic E-state index is 9.10. The number of hydrogen-bond donors (Lipinski definition) is 0. The van der Waals surface area contributed by atoms with Gasteiger partial charge >= 0.3 is 0 Å². The molecule has 4 aromatic heterocycles. The van der Waals surface area contributed by atoms with Crippen molar-refractivity contribution in [1.82, 2.24) is 24.1 Å². The van der Waals surface area contributed by atoms with Gasteiger partial charge in [-0.2, -0.15) is 15.0 Å². The van der Waals surface area contributed by atoms with Gasteiger partial charge in [-0.1, -0.05) is 103 Å². The van der Waals surface area contributed by atoms with Crippen LogP contribution in [-0.4, -0.2) is 24.1 Å². The Kier molecular flexibility index (Phi) is 2.75. The molecule has 0 fully saturated rings. The molecule has 10 aromatic rings. The zero-order valence-electron chi connectivity index (χ0n) is 38.7. The SMILES string of the molecule is [2H]c1c([2H])c([2H])c2c(c1[2H])c1c([2H])c([2H])c([2H])c([2H])c1n2-c1nc(-c2cccc3c2oc2ccccc23)nc(-n2c3c([2H])c([2H])c([2H])c([2H])c3c3c([2H])c([2H])c([2H])c([2H])c32)n1. The van der Waals surface area contributed by atoms with Gasteiger partial charge in [0.05, 0.1) is 49.6 Å². The Labute approximate surface area is 278 Å². The topological polar surface area (TPSA) is 61.7 Å². The molecule has 6 nitrogen and oxygen atoms in total. The van der Waals surface area contributed by atoms with Gasteiger partial charge in [-0.25, -0.2) is 0 Å². The summed E-state index contributed by atoms with van der Waals surface area (Å²) in [4.78, 5) is 14.3. The first kappa shape index (κ1) is 13.6. The molecule has 0 aliphatic heterocycles. The van der Waals surface area contributed by atoms with Crippen molar-refractivity contribution in [2.24, 2.45) is 0 Å². The first-order valence-electron chi connectivity index (χ1n) is 21.7. The zero-order chi connectivity index (χ0) is 43.4. The molecule has 6 heteroatoms. The maximum atomic E-state index is 9.10. The summed E-state index contributed by atoms with van der Waals surface area (Å²) >= 11 is 0. The van der Waals surface area contributed by atoms with Crippen molar-refractivity contribution in [2.45, 2.75) is 0 Å². The highest BCUT2D eigenvalue weighted by molar-refractivity contribution is 6.11. The fraction of sp³-hybridized carbons (Fsp3) is 0. The highest BCUT2D eigenvalue weighted by atomic mass is 16.3. The molecule has 0 unspecified atom stereocenters. The van der Waals surface area contributed by atoms with E-state index in [0.717, 1.165) is 14.5 Å². The van der Waals surface area contributed by atoms with Gasteiger partial charge in [0.25, 0.3) is 0 Å². The molecular formula is C39H23N5O. The van der Waals surface area contributed by atoms with Crippen LogP contribution >= 0.6 is 0 Å². The summed E-state index contributed by atoms with van der Waals surface area (Å²) in [6.45, 7) is 0. The molecule has 0 aliphatic rings. The van der Waals surface area contributed by atoms with Gasteiger partial charge < -0.3 is 4.42 Å². The van der Waals surface area contributed by atoms with Crippen molar-refractivity contribution in [1.29, 1.82) is 0 Å². The van der Waals surface area contributed by atoms with E-state index in [1.165, 1.54) is 0 Å². The Morgan fingerprint density at radius 1 is 0.467 bits per heavy atom. The minimum absolute atomic E-state index is 0.196. The molecule has 0 aliphatic carbocycles. The lowest BCUT2D eigenvalue weighted by Crippen LogP contribution is -2.10. The Balaban J connectivity index is 1.47. The zero-order valence-corrected chi connectivity index (χ0v) is 22.7. The van der Waals surface area contributed by atoms with Crippen LogP contribution in [0, 0.1) is 0 Å². The Hall–Kier alpha value is -6.27. The highest BCUT2D eigenvalue weighted by Gasteiger charge is 2.22. The number of fused-ring (bicyclic) bond motifs is 9. The van der Waals surface area contributed by atoms with Crippen LogP contribution in [-0.2, 0) is 0 Å². The average Bonchev–Trinajstić information content (AvgIpc) is 3.95. The first-order valence-corrected chi connectivity index (χ1v) is 13.7. The molecule has 4 heterocycles. The van der Waals surface area contributed by atoms with E-state index >= 15 is 0 Å². The van der Waals surface area contributed by atoms with Crippen LogP contribution in [0.5, 0.6) is 0 Å².